The monoisotopic (exact) mass is 291 g/mol. The third-order valence-corrected chi connectivity index (χ3v) is 4.07. The first-order valence-corrected chi connectivity index (χ1v) is 6.97. The predicted octanol–water partition coefficient (Wildman–Crippen LogP) is 2.25. The van der Waals surface area contributed by atoms with E-state index in [1.807, 2.05) is 54.6 Å². The molecular formula is C17H13N3O2. The molecule has 0 spiro atoms. The molecule has 0 saturated carbocycles. The number of hydrogen-bond donors (Lipinski definition) is 3. The molecule has 0 radical (unpaired) electrons. The zero-order valence-corrected chi connectivity index (χ0v) is 11.6. The van der Waals surface area contributed by atoms with Crippen LogP contribution >= 0.6 is 0 Å². The van der Waals surface area contributed by atoms with Crippen molar-refractivity contribution in [3.05, 3.63) is 71.9 Å². The fraction of sp³-hybridized carbons (Fsp3) is 0.0588. The summed E-state index contributed by atoms with van der Waals surface area (Å²) < 4.78 is 0. The van der Waals surface area contributed by atoms with Crippen LogP contribution in [0.5, 0.6) is 0 Å². The highest BCUT2D eigenvalue weighted by molar-refractivity contribution is 6.11. The van der Waals surface area contributed by atoms with Gasteiger partial charge in [-0.15, -0.1) is 0 Å². The second kappa shape index (κ2) is 4.46. The van der Waals surface area contributed by atoms with E-state index in [4.69, 9.17) is 0 Å². The Bertz CT molecular complexity index is 885. The molecule has 22 heavy (non-hydrogen) atoms. The SMILES string of the molecule is O=C1NC(=O)C(c2ccccc2)(c2c[nH]c3ccccc23)N1. The van der Waals surface area contributed by atoms with Crippen LogP contribution in [0, 0.1) is 0 Å². The second-order valence-electron chi connectivity index (χ2n) is 5.27. The highest BCUT2D eigenvalue weighted by Crippen LogP contribution is 2.36. The molecule has 4 rings (SSSR count). The fourth-order valence-electron chi connectivity index (χ4n) is 3.07. The molecule has 1 aliphatic heterocycles. The number of carbonyl (C=O) groups is 2. The number of hydrogen-bond acceptors (Lipinski definition) is 2. The van der Waals surface area contributed by atoms with Gasteiger partial charge in [-0.3, -0.25) is 10.1 Å². The van der Waals surface area contributed by atoms with E-state index in [1.54, 1.807) is 6.20 Å². The van der Waals surface area contributed by atoms with Gasteiger partial charge in [0.05, 0.1) is 0 Å². The lowest BCUT2D eigenvalue weighted by Crippen LogP contribution is -2.44. The van der Waals surface area contributed by atoms with Crippen LogP contribution in [0.4, 0.5) is 4.79 Å². The number of nitrogens with one attached hydrogen (secondary N) is 3. The largest absolute Gasteiger partial charge is 0.361 e. The molecule has 0 aliphatic carbocycles. The number of benzene rings is 2. The van der Waals surface area contributed by atoms with Gasteiger partial charge in [0.25, 0.3) is 5.91 Å². The molecule has 1 atom stereocenters. The highest BCUT2D eigenvalue weighted by atomic mass is 16.2. The molecule has 2 aromatic carbocycles. The second-order valence-corrected chi connectivity index (χ2v) is 5.27. The van der Waals surface area contributed by atoms with Crippen molar-refractivity contribution in [2.75, 3.05) is 0 Å². The van der Waals surface area contributed by atoms with Gasteiger partial charge in [-0.2, -0.15) is 0 Å². The van der Waals surface area contributed by atoms with Crippen molar-refractivity contribution in [1.29, 1.82) is 0 Å². The summed E-state index contributed by atoms with van der Waals surface area (Å²) in [6, 6.07) is 16.5. The van der Waals surface area contributed by atoms with Crippen LogP contribution in [0.1, 0.15) is 11.1 Å². The number of imide groups is 1. The average Bonchev–Trinajstić information content (AvgIpc) is 3.09. The Kier molecular flexibility index (Phi) is 2.56. The molecule has 0 bridgehead atoms. The molecule has 3 aromatic rings. The summed E-state index contributed by atoms with van der Waals surface area (Å²) in [4.78, 5) is 27.6. The summed E-state index contributed by atoms with van der Waals surface area (Å²) in [6.07, 6.45) is 1.78. The van der Waals surface area contributed by atoms with Gasteiger partial charge in [-0.1, -0.05) is 48.5 Å². The highest BCUT2D eigenvalue weighted by Gasteiger charge is 2.50. The van der Waals surface area contributed by atoms with Crippen LogP contribution in [0.3, 0.4) is 0 Å². The van der Waals surface area contributed by atoms with E-state index in [9.17, 15) is 9.59 Å². The first-order valence-electron chi connectivity index (χ1n) is 6.97. The van der Waals surface area contributed by atoms with Crippen LogP contribution in [0.25, 0.3) is 10.9 Å². The lowest BCUT2D eigenvalue weighted by molar-refractivity contribution is -0.122. The Balaban J connectivity index is 2.04. The van der Waals surface area contributed by atoms with E-state index in [2.05, 4.69) is 15.6 Å². The Morgan fingerprint density at radius 1 is 0.864 bits per heavy atom. The van der Waals surface area contributed by atoms with Gasteiger partial charge >= 0.3 is 6.03 Å². The first-order chi connectivity index (χ1) is 10.7. The number of H-pyrrole nitrogens is 1. The van der Waals surface area contributed by atoms with Gasteiger partial charge in [0, 0.05) is 22.7 Å². The number of rotatable bonds is 2. The molecule has 1 unspecified atom stereocenters. The normalized spacial score (nSPS) is 20.9. The van der Waals surface area contributed by atoms with Crippen molar-refractivity contribution in [1.82, 2.24) is 15.6 Å². The first kappa shape index (κ1) is 12.6. The Morgan fingerprint density at radius 3 is 2.32 bits per heavy atom. The lowest BCUT2D eigenvalue weighted by Gasteiger charge is -2.26. The molecule has 2 heterocycles. The Morgan fingerprint density at radius 2 is 1.59 bits per heavy atom. The zero-order chi connectivity index (χ0) is 15.2. The number of aromatic amines is 1. The minimum atomic E-state index is -1.21. The van der Waals surface area contributed by atoms with E-state index < -0.39 is 11.6 Å². The summed E-state index contributed by atoms with van der Waals surface area (Å²) >= 11 is 0. The van der Waals surface area contributed by atoms with Crippen molar-refractivity contribution in [2.45, 2.75) is 5.54 Å². The third-order valence-electron chi connectivity index (χ3n) is 4.07. The smallest absolute Gasteiger partial charge is 0.322 e. The summed E-state index contributed by atoms with van der Waals surface area (Å²) in [6.45, 7) is 0. The summed E-state index contributed by atoms with van der Waals surface area (Å²) in [5.41, 5.74) is 1.17. The molecule has 3 amide bonds. The van der Waals surface area contributed by atoms with Crippen LogP contribution in [0.2, 0.25) is 0 Å². The van der Waals surface area contributed by atoms with Crippen LogP contribution in [-0.4, -0.2) is 16.9 Å². The van der Waals surface area contributed by atoms with E-state index >= 15 is 0 Å². The minimum absolute atomic E-state index is 0.367. The summed E-state index contributed by atoms with van der Waals surface area (Å²) in [7, 11) is 0. The quantitative estimate of drug-likeness (QED) is 0.634. The standard InChI is InChI=1S/C17H13N3O2/c21-15-17(20-16(22)19-15,11-6-2-1-3-7-11)13-10-18-14-9-5-4-8-12(13)14/h1-10,18H,(H2,19,20,21,22). The van der Waals surface area contributed by atoms with Crippen molar-refractivity contribution in [2.24, 2.45) is 0 Å². The number of fused-ring (bicyclic) bond motifs is 1. The van der Waals surface area contributed by atoms with Gasteiger partial charge in [0.15, 0.2) is 5.54 Å². The fourth-order valence-corrected chi connectivity index (χ4v) is 3.07. The molecule has 5 nitrogen and oxygen atoms in total. The Hall–Kier alpha value is -3.08. The average molecular weight is 291 g/mol. The number of para-hydroxylation sites is 1. The molecule has 5 heteroatoms. The molecule has 1 fully saturated rings. The van der Waals surface area contributed by atoms with E-state index in [-0.39, 0.29) is 5.91 Å². The maximum absolute atomic E-state index is 12.6. The van der Waals surface area contributed by atoms with E-state index in [0.717, 1.165) is 22.0 Å². The lowest BCUT2D eigenvalue weighted by atomic mass is 9.82. The van der Waals surface area contributed by atoms with Gasteiger partial charge < -0.3 is 10.3 Å². The van der Waals surface area contributed by atoms with Crippen molar-refractivity contribution >= 4 is 22.8 Å². The Labute approximate surface area is 126 Å². The topological polar surface area (TPSA) is 74.0 Å². The number of carbonyl (C=O) groups excluding carboxylic acids is 2. The van der Waals surface area contributed by atoms with Crippen LogP contribution < -0.4 is 10.6 Å². The molecular weight excluding hydrogens is 278 g/mol. The number of aromatic nitrogens is 1. The molecule has 1 aromatic heterocycles. The van der Waals surface area contributed by atoms with Gasteiger partial charge in [0.1, 0.15) is 0 Å². The van der Waals surface area contributed by atoms with Crippen molar-refractivity contribution < 1.29 is 9.59 Å². The maximum atomic E-state index is 12.6. The van der Waals surface area contributed by atoms with Gasteiger partial charge in [0.2, 0.25) is 0 Å². The summed E-state index contributed by atoms with van der Waals surface area (Å²) in [5.74, 6) is -0.367. The van der Waals surface area contributed by atoms with Crippen molar-refractivity contribution in [3.63, 3.8) is 0 Å². The van der Waals surface area contributed by atoms with Gasteiger partial charge in [-0.05, 0) is 11.6 Å². The number of urea groups is 1. The van der Waals surface area contributed by atoms with E-state index in [1.165, 1.54) is 0 Å². The molecule has 1 aliphatic rings. The minimum Gasteiger partial charge on any atom is -0.361 e. The third kappa shape index (κ3) is 1.59. The van der Waals surface area contributed by atoms with Gasteiger partial charge in [-0.25, -0.2) is 4.79 Å². The number of amides is 3. The molecule has 3 N–H and O–H groups in total. The summed E-state index contributed by atoms with van der Waals surface area (Å²) in [5, 5.41) is 6.07. The zero-order valence-electron chi connectivity index (χ0n) is 11.6. The maximum Gasteiger partial charge on any atom is 0.322 e. The molecule has 108 valence electrons. The van der Waals surface area contributed by atoms with Crippen molar-refractivity contribution in [3.8, 4) is 0 Å². The molecule has 1 saturated heterocycles. The van der Waals surface area contributed by atoms with E-state index in [0.29, 0.717) is 0 Å². The van der Waals surface area contributed by atoms with Crippen LogP contribution in [-0.2, 0) is 10.3 Å². The predicted molar refractivity (Wildman–Crippen MR) is 82.2 cm³/mol. The van der Waals surface area contributed by atoms with Crippen LogP contribution in [0.15, 0.2) is 60.8 Å².